The number of aliphatic hydroxyl groups excluding tert-OH is 1. The molecule has 0 bridgehead atoms. The summed E-state index contributed by atoms with van der Waals surface area (Å²) in [6, 6.07) is 0. The molecule has 2 aliphatic rings. The third-order valence-electron chi connectivity index (χ3n) is 3.34. The number of aliphatic hydroxyl groups is 1. The van der Waals surface area contributed by atoms with Crippen molar-refractivity contribution in [3.63, 3.8) is 0 Å². The van der Waals surface area contributed by atoms with Crippen LogP contribution in [0, 0.1) is 5.92 Å². The molecule has 4 heteroatoms. The molecule has 1 heterocycles. The first kappa shape index (κ1) is 11.0. The minimum absolute atomic E-state index is 0.0599. The average molecular weight is 213 g/mol. The molecule has 86 valence electrons. The van der Waals surface area contributed by atoms with E-state index in [0.29, 0.717) is 12.4 Å². The number of ether oxygens (including phenoxy) is 1. The molecule has 4 nitrogen and oxygen atoms in total. The lowest BCUT2D eigenvalue weighted by atomic mass is 10.1. The Hall–Kier alpha value is -0.450. The van der Waals surface area contributed by atoms with Gasteiger partial charge in [-0.05, 0) is 12.8 Å². The maximum Gasteiger partial charge on any atom is 0.137 e. The number of hydrogen-bond acceptors (Lipinski definition) is 4. The molecule has 1 N–H and O–H groups in total. The van der Waals surface area contributed by atoms with Crippen LogP contribution in [0.3, 0.4) is 0 Å². The molecular formula is C11H19NO3. The fourth-order valence-corrected chi connectivity index (χ4v) is 2.45. The number of ketones is 1. The Morgan fingerprint density at radius 3 is 3.07 bits per heavy atom. The predicted octanol–water partition coefficient (Wildman–Crippen LogP) is 0.0487. The zero-order valence-electron chi connectivity index (χ0n) is 9.02. The molecule has 1 saturated carbocycles. The molecule has 1 aliphatic carbocycles. The van der Waals surface area contributed by atoms with Gasteiger partial charge in [-0.1, -0.05) is 0 Å². The van der Waals surface area contributed by atoms with Gasteiger partial charge >= 0.3 is 0 Å². The molecule has 0 aromatic carbocycles. The predicted molar refractivity (Wildman–Crippen MR) is 55.6 cm³/mol. The summed E-state index contributed by atoms with van der Waals surface area (Å²) < 4.78 is 5.37. The van der Waals surface area contributed by atoms with E-state index in [1.807, 2.05) is 0 Å². The van der Waals surface area contributed by atoms with Crippen molar-refractivity contribution >= 4 is 5.78 Å². The Bertz CT molecular complexity index is 232. The molecule has 0 spiro atoms. The zero-order chi connectivity index (χ0) is 10.7. The first-order valence-corrected chi connectivity index (χ1v) is 5.77. The summed E-state index contributed by atoms with van der Waals surface area (Å²) in [7, 11) is 0. The van der Waals surface area contributed by atoms with Crippen molar-refractivity contribution in [1.29, 1.82) is 0 Å². The van der Waals surface area contributed by atoms with E-state index < -0.39 is 0 Å². The fraction of sp³-hybridized carbons (Fsp3) is 0.909. The number of carbonyl (C=O) groups excluding carboxylic acids is 1. The quantitative estimate of drug-likeness (QED) is 0.719. The first-order chi connectivity index (χ1) is 7.29. The van der Waals surface area contributed by atoms with Crippen LogP contribution in [0.1, 0.15) is 19.3 Å². The topological polar surface area (TPSA) is 49.8 Å². The Balaban J connectivity index is 1.80. The summed E-state index contributed by atoms with van der Waals surface area (Å²) in [6.45, 7) is 3.26. The van der Waals surface area contributed by atoms with Gasteiger partial charge in [-0.15, -0.1) is 0 Å². The highest BCUT2D eigenvalue weighted by Gasteiger charge is 2.28. The Kier molecular flexibility index (Phi) is 3.72. The van der Waals surface area contributed by atoms with E-state index in [0.717, 1.165) is 38.9 Å². The molecule has 2 atom stereocenters. The van der Waals surface area contributed by atoms with Crippen LogP contribution in [0.2, 0.25) is 0 Å². The molecule has 0 radical (unpaired) electrons. The van der Waals surface area contributed by atoms with Gasteiger partial charge in [0.2, 0.25) is 0 Å². The van der Waals surface area contributed by atoms with Crippen molar-refractivity contribution in [2.24, 2.45) is 5.92 Å². The fourth-order valence-electron chi connectivity index (χ4n) is 2.45. The molecule has 2 unspecified atom stereocenters. The van der Waals surface area contributed by atoms with Crippen LogP contribution < -0.4 is 0 Å². The lowest BCUT2D eigenvalue weighted by Gasteiger charge is -2.33. The van der Waals surface area contributed by atoms with Gasteiger partial charge < -0.3 is 9.84 Å². The van der Waals surface area contributed by atoms with Crippen molar-refractivity contribution in [3.05, 3.63) is 0 Å². The number of hydrogen-bond donors (Lipinski definition) is 1. The van der Waals surface area contributed by atoms with Crippen molar-refractivity contribution in [3.8, 4) is 0 Å². The summed E-state index contributed by atoms with van der Waals surface area (Å²) in [5, 5.41) is 9.00. The number of nitrogens with zero attached hydrogens (tertiary/aromatic N) is 1. The first-order valence-electron chi connectivity index (χ1n) is 5.77. The summed E-state index contributed by atoms with van der Waals surface area (Å²) >= 11 is 0. The van der Waals surface area contributed by atoms with Gasteiger partial charge in [-0.25, -0.2) is 0 Å². The lowest BCUT2D eigenvalue weighted by molar-refractivity contribution is -0.122. The average Bonchev–Trinajstić information content (AvgIpc) is 2.65. The SMILES string of the molecule is O=C1CCCC1CN1CCOC(CO)C1. The molecule has 0 aromatic heterocycles. The van der Waals surface area contributed by atoms with Crippen molar-refractivity contribution in [2.45, 2.75) is 25.4 Å². The van der Waals surface area contributed by atoms with E-state index in [1.165, 1.54) is 0 Å². The highest BCUT2D eigenvalue weighted by molar-refractivity contribution is 5.83. The second-order valence-electron chi connectivity index (χ2n) is 4.49. The Morgan fingerprint density at radius 1 is 1.53 bits per heavy atom. The number of Topliss-reactive ketones (excluding diaryl/α,β-unsaturated/α-hetero) is 1. The highest BCUT2D eigenvalue weighted by atomic mass is 16.5. The minimum Gasteiger partial charge on any atom is -0.394 e. The van der Waals surface area contributed by atoms with Gasteiger partial charge in [0.25, 0.3) is 0 Å². The molecule has 1 saturated heterocycles. The second-order valence-corrected chi connectivity index (χ2v) is 4.49. The third-order valence-corrected chi connectivity index (χ3v) is 3.34. The van der Waals surface area contributed by atoms with E-state index in [-0.39, 0.29) is 18.6 Å². The summed E-state index contributed by atoms with van der Waals surface area (Å²) in [6.07, 6.45) is 2.80. The van der Waals surface area contributed by atoms with Crippen LogP contribution in [0.4, 0.5) is 0 Å². The van der Waals surface area contributed by atoms with Crippen LogP contribution in [0.15, 0.2) is 0 Å². The molecule has 1 aliphatic heterocycles. The zero-order valence-corrected chi connectivity index (χ0v) is 9.02. The Labute approximate surface area is 90.2 Å². The summed E-state index contributed by atoms with van der Waals surface area (Å²) in [4.78, 5) is 13.7. The molecule has 15 heavy (non-hydrogen) atoms. The van der Waals surface area contributed by atoms with E-state index in [2.05, 4.69) is 4.90 Å². The van der Waals surface area contributed by atoms with E-state index >= 15 is 0 Å². The van der Waals surface area contributed by atoms with Gasteiger partial charge in [0.15, 0.2) is 0 Å². The van der Waals surface area contributed by atoms with Crippen LogP contribution in [0.25, 0.3) is 0 Å². The third kappa shape index (κ3) is 2.77. The monoisotopic (exact) mass is 213 g/mol. The van der Waals surface area contributed by atoms with Crippen LogP contribution >= 0.6 is 0 Å². The van der Waals surface area contributed by atoms with Crippen molar-refractivity contribution < 1.29 is 14.6 Å². The standard InChI is InChI=1S/C11H19NO3/c13-8-10-7-12(4-5-15-10)6-9-2-1-3-11(9)14/h9-10,13H,1-8H2. The van der Waals surface area contributed by atoms with Gasteiger partial charge in [-0.3, -0.25) is 9.69 Å². The molecular weight excluding hydrogens is 194 g/mol. The van der Waals surface area contributed by atoms with Crippen LogP contribution in [-0.2, 0) is 9.53 Å². The van der Waals surface area contributed by atoms with Crippen molar-refractivity contribution in [1.82, 2.24) is 4.90 Å². The van der Waals surface area contributed by atoms with E-state index in [9.17, 15) is 4.79 Å². The molecule has 2 rings (SSSR count). The second kappa shape index (κ2) is 5.05. The molecule has 0 aromatic rings. The molecule has 2 fully saturated rings. The van der Waals surface area contributed by atoms with Crippen molar-refractivity contribution in [2.75, 3.05) is 32.8 Å². The Morgan fingerprint density at radius 2 is 2.40 bits per heavy atom. The molecule has 0 amide bonds. The minimum atomic E-state index is -0.0599. The number of rotatable bonds is 3. The normalized spacial score (nSPS) is 33.5. The highest BCUT2D eigenvalue weighted by Crippen LogP contribution is 2.22. The van der Waals surface area contributed by atoms with Crippen LogP contribution in [-0.4, -0.2) is 54.7 Å². The van der Waals surface area contributed by atoms with Crippen LogP contribution in [0.5, 0.6) is 0 Å². The summed E-state index contributed by atoms with van der Waals surface area (Å²) in [5.41, 5.74) is 0. The smallest absolute Gasteiger partial charge is 0.137 e. The maximum absolute atomic E-state index is 11.5. The van der Waals surface area contributed by atoms with Gasteiger partial charge in [0.05, 0.1) is 19.3 Å². The maximum atomic E-state index is 11.5. The lowest BCUT2D eigenvalue weighted by Crippen LogP contribution is -2.46. The number of carbonyl (C=O) groups is 1. The summed E-state index contributed by atoms with van der Waals surface area (Å²) in [5.74, 6) is 0.657. The van der Waals surface area contributed by atoms with Gasteiger partial charge in [0.1, 0.15) is 5.78 Å². The largest absolute Gasteiger partial charge is 0.394 e. The number of morpholine rings is 1. The van der Waals surface area contributed by atoms with Gasteiger partial charge in [0, 0.05) is 32.0 Å². The van der Waals surface area contributed by atoms with E-state index in [4.69, 9.17) is 9.84 Å². The van der Waals surface area contributed by atoms with Gasteiger partial charge in [-0.2, -0.15) is 0 Å². The van der Waals surface area contributed by atoms with E-state index in [1.54, 1.807) is 0 Å².